The molecule has 45 heavy (non-hydrogen) atoms. The molecule has 1 rings (SSSR count). The molecule has 0 aliphatic rings. The SMILES string of the molecule is CCCCNC(=O)[C@H](C)C[C@H](O)[C@H](Cc1cccc(OCCCCC(=O)OC(C)(C)C)c1)NC(=O)C(C)NC(=O)OC(C)(C)C. The number of hydrogen-bond acceptors (Lipinski definition) is 8. The Morgan fingerprint density at radius 3 is 2.18 bits per heavy atom. The van der Waals surface area contributed by atoms with Crippen LogP contribution in [0.4, 0.5) is 4.79 Å². The fraction of sp³-hybridized carbons (Fsp3) is 0.706. The number of hydrogen-bond donors (Lipinski definition) is 4. The van der Waals surface area contributed by atoms with Crippen LogP contribution >= 0.6 is 0 Å². The molecule has 0 saturated carbocycles. The Labute approximate surface area is 269 Å². The standard InChI is InChI=1S/C34H57N3O8/c1-10-11-18-35-30(40)23(2)20-28(38)27(37-31(41)24(3)36-32(42)45-34(7,8)9)22-25-15-14-16-26(21-25)43-19-13-12-17-29(39)44-33(4,5)6/h14-16,21,23-24,27-28,38H,10-13,17-20,22H2,1-9H3,(H,35,40)(H,36,42)(H,37,41)/t23-,24?,27+,28+/m1/s1. The number of aliphatic hydroxyl groups is 1. The molecule has 0 radical (unpaired) electrons. The normalized spacial score (nSPS) is 14.4. The molecule has 0 heterocycles. The van der Waals surface area contributed by atoms with Gasteiger partial charge in [0, 0.05) is 18.9 Å². The zero-order valence-electron chi connectivity index (χ0n) is 28.8. The summed E-state index contributed by atoms with van der Waals surface area (Å²) in [5.41, 5.74) is -0.429. The first-order valence-electron chi connectivity index (χ1n) is 16.1. The van der Waals surface area contributed by atoms with E-state index in [0.29, 0.717) is 38.2 Å². The van der Waals surface area contributed by atoms with Crippen LogP contribution in [0.3, 0.4) is 0 Å². The summed E-state index contributed by atoms with van der Waals surface area (Å²) in [6, 6.07) is 5.66. The second kappa shape index (κ2) is 19.2. The molecule has 1 aromatic rings. The number of rotatable bonds is 18. The molecule has 1 aromatic carbocycles. The minimum Gasteiger partial charge on any atom is -0.494 e. The van der Waals surface area contributed by atoms with Gasteiger partial charge in [0.25, 0.3) is 0 Å². The number of carbonyl (C=O) groups is 4. The quantitative estimate of drug-likeness (QED) is 0.132. The van der Waals surface area contributed by atoms with Crippen LogP contribution in [-0.2, 0) is 30.3 Å². The lowest BCUT2D eigenvalue weighted by Crippen LogP contribution is -2.53. The molecule has 11 heteroatoms. The van der Waals surface area contributed by atoms with E-state index in [0.717, 1.165) is 18.4 Å². The maximum absolute atomic E-state index is 13.1. The Bertz CT molecular complexity index is 1080. The van der Waals surface area contributed by atoms with Crippen molar-refractivity contribution in [3.05, 3.63) is 29.8 Å². The number of aliphatic hydroxyl groups excluding tert-OH is 1. The lowest BCUT2D eigenvalue weighted by atomic mass is 9.93. The van der Waals surface area contributed by atoms with E-state index < -0.39 is 47.3 Å². The Kier molecular flexibility index (Phi) is 17.0. The van der Waals surface area contributed by atoms with Crippen LogP contribution in [0.25, 0.3) is 0 Å². The van der Waals surface area contributed by atoms with E-state index in [4.69, 9.17) is 14.2 Å². The molecule has 256 valence electrons. The lowest BCUT2D eigenvalue weighted by Gasteiger charge is -2.28. The molecule has 0 saturated heterocycles. The van der Waals surface area contributed by atoms with E-state index in [2.05, 4.69) is 16.0 Å². The van der Waals surface area contributed by atoms with Crippen LogP contribution in [0.2, 0.25) is 0 Å². The minimum absolute atomic E-state index is 0.130. The maximum Gasteiger partial charge on any atom is 0.408 e. The number of esters is 1. The second-order valence-corrected chi connectivity index (χ2v) is 13.6. The topological polar surface area (TPSA) is 152 Å². The van der Waals surface area contributed by atoms with Gasteiger partial charge in [-0.1, -0.05) is 32.4 Å². The third-order valence-electron chi connectivity index (χ3n) is 6.61. The van der Waals surface area contributed by atoms with E-state index in [1.165, 1.54) is 6.92 Å². The predicted molar refractivity (Wildman–Crippen MR) is 174 cm³/mol. The highest BCUT2D eigenvalue weighted by Gasteiger charge is 2.29. The molecular formula is C34H57N3O8. The van der Waals surface area contributed by atoms with Crippen molar-refractivity contribution in [2.75, 3.05) is 13.2 Å². The van der Waals surface area contributed by atoms with Crippen molar-refractivity contribution in [3.63, 3.8) is 0 Å². The van der Waals surface area contributed by atoms with Gasteiger partial charge < -0.3 is 35.3 Å². The summed E-state index contributed by atoms with van der Waals surface area (Å²) in [5.74, 6) is -0.756. The van der Waals surface area contributed by atoms with Crippen molar-refractivity contribution in [3.8, 4) is 5.75 Å². The first-order chi connectivity index (χ1) is 20.9. The van der Waals surface area contributed by atoms with Crippen molar-refractivity contribution in [1.82, 2.24) is 16.0 Å². The lowest BCUT2D eigenvalue weighted by molar-refractivity contribution is -0.155. The fourth-order valence-corrected chi connectivity index (χ4v) is 4.31. The average Bonchev–Trinajstić information content (AvgIpc) is 2.90. The molecule has 0 aliphatic heterocycles. The van der Waals surface area contributed by atoms with Crippen molar-refractivity contribution >= 4 is 23.9 Å². The van der Waals surface area contributed by atoms with Crippen LogP contribution in [0, 0.1) is 5.92 Å². The highest BCUT2D eigenvalue weighted by atomic mass is 16.6. The summed E-state index contributed by atoms with van der Waals surface area (Å²) < 4.78 is 16.5. The van der Waals surface area contributed by atoms with Gasteiger partial charge in [-0.05, 0) is 98.3 Å². The highest BCUT2D eigenvalue weighted by Crippen LogP contribution is 2.19. The summed E-state index contributed by atoms with van der Waals surface area (Å²) in [4.78, 5) is 49.8. The summed E-state index contributed by atoms with van der Waals surface area (Å²) in [7, 11) is 0. The van der Waals surface area contributed by atoms with Crippen molar-refractivity contribution in [2.24, 2.45) is 5.92 Å². The van der Waals surface area contributed by atoms with Crippen LogP contribution in [-0.4, -0.2) is 71.5 Å². The van der Waals surface area contributed by atoms with Gasteiger partial charge in [0.1, 0.15) is 23.0 Å². The van der Waals surface area contributed by atoms with Gasteiger partial charge in [-0.15, -0.1) is 0 Å². The first kappa shape index (κ1) is 39.7. The molecular weight excluding hydrogens is 578 g/mol. The molecule has 0 spiro atoms. The Hall–Kier alpha value is -3.34. The Morgan fingerprint density at radius 1 is 0.889 bits per heavy atom. The van der Waals surface area contributed by atoms with E-state index >= 15 is 0 Å². The molecule has 4 atom stereocenters. The van der Waals surface area contributed by atoms with E-state index in [1.807, 2.05) is 52.0 Å². The zero-order chi connectivity index (χ0) is 34.2. The van der Waals surface area contributed by atoms with Gasteiger partial charge in [-0.25, -0.2) is 4.79 Å². The highest BCUT2D eigenvalue weighted by molar-refractivity contribution is 5.85. The molecule has 0 fully saturated rings. The summed E-state index contributed by atoms with van der Waals surface area (Å²) in [6.07, 6.45) is 2.05. The number of amides is 3. The number of unbranched alkanes of at least 4 members (excludes halogenated alkanes) is 2. The van der Waals surface area contributed by atoms with Gasteiger partial charge in [0.15, 0.2) is 0 Å². The van der Waals surface area contributed by atoms with Gasteiger partial charge in [0.05, 0.1) is 18.8 Å². The number of nitrogens with one attached hydrogen (secondary N) is 3. The van der Waals surface area contributed by atoms with Crippen LogP contribution in [0.5, 0.6) is 5.75 Å². The van der Waals surface area contributed by atoms with E-state index in [1.54, 1.807) is 27.7 Å². The van der Waals surface area contributed by atoms with E-state index in [-0.39, 0.29) is 24.7 Å². The van der Waals surface area contributed by atoms with Gasteiger partial charge in [0.2, 0.25) is 11.8 Å². The molecule has 3 amide bonds. The monoisotopic (exact) mass is 635 g/mol. The molecule has 0 aromatic heterocycles. The molecule has 0 aliphatic carbocycles. The summed E-state index contributed by atoms with van der Waals surface area (Å²) >= 11 is 0. The largest absolute Gasteiger partial charge is 0.494 e. The predicted octanol–water partition coefficient (Wildman–Crippen LogP) is 4.82. The first-order valence-corrected chi connectivity index (χ1v) is 16.1. The Morgan fingerprint density at radius 2 is 1.56 bits per heavy atom. The zero-order valence-corrected chi connectivity index (χ0v) is 28.8. The van der Waals surface area contributed by atoms with E-state index in [9.17, 15) is 24.3 Å². The third-order valence-corrected chi connectivity index (χ3v) is 6.61. The van der Waals surface area contributed by atoms with Gasteiger partial charge >= 0.3 is 12.1 Å². The number of benzene rings is 1. The maximum atomic E-state index is 13.1. The van der Waals surface area contributed by atoms with Crippen LogP contribution in [0.1, 0.15) is 106 Å². The van der Waals surface area contributed by atoms with Crippen molar-refractivity contribution in [1.29, 1.82) is 0 Å². The van der Waals surface area contributed by atoms with Crippen LogP contribution < -0.4 is 20.7 Å². The Balaban J connectivity index is 2.91. The third kappa shape index (κ3) is 18.3. The fourth-order valence-electron chi connectivity index (χ4n) is 4.31. The van der Waals surface area contributed by atoms with Crippen molar-refractivity contribution < 1.29 is 38.5 Å². The van der Waals surface area contributed by atoms with Crippen LogP contribution in [0.15, 0.2) is 24.3 Å². The molecule has 4 N–H and O–H groups in total. The molecule has 11 nitrogen and oxygen atoms in total. The molecule has 1 unspecified atom stereocenters. The van der Waals surface area contributed by atoms with Gasteiger partial charge in [-0.2, -0.15) is 0 Å². The van der Waals surface area contributed by atoms with Gasteiger partial charge in [-0.3, -0.25) is 14.4 Å². The second-order valence-electron chi connectivity index (χ2n) is 13.6. The molecule has 0 bridgehead atoms. The van der Waals surface area contributed by atoms with Crippen molar-refractivity contribution in [2.45, 2.75) is 137 Å². The number of ether oxygens (including phenoxy) is 3. The summed E-state index contributed by atoms with van der Waals surface area (Å²) in [6.45, 7) is 17.0. The smallest absolute Gasteiger partial charge is 0.408 e. The number of carbonyl (C=O) groups excluding carboxylic acids is 4. The minimum atomic E-state index is -1.05. The number of alkyl carbamates (subject to hydrolysis) is 1. The summed E-state index contributed by atoms with van der Waals surface area (Å²) in [5, 5.41) is 19.5. The average molecular weight is 636 g/mol.